The van der Waals surface area contributed by atoms with Crippen LogP contribution in [0.5, 0.6) is 0 Å². The number of nitrogens with one attached hydrogen (secondary N) is 3. The van der Waals surface area contributed by atoms with Gasteiger partial charge < -0.3 is 16.0 Å². The summed E-state index contributed by atoms with van der Waals surface area (Å²) in [7, 11) is 0. The molecule has 1 fully saturated rings. The van der Waals surface area contributed by atoms with Gasteiger partial charge in [-0.3, -0.25) is 9.59 Å². The van der Waals surface area contributed by atoms with Crippen LogP contribution >= 0.6 is 0 Å². The Hall–Kier alpha value is -1.88. The van der Waals surface area contributed by atoms with Crippen LogP contribution in [-0.4, -0.2) is 24.9 Å². The van der Waals surface area contributed by atoms with Crippen molar-refractivity contribution < 1.29 is 9.59 Å². The van der Waals surface area contributed by atoms with Gasteiger partial charge in [0, 0.05) is 24.2 Å². The highest BCUT2D eigenvalue weighted by molar-refractivity contribution is 5.93. The summed E-state index contributed by atoms with van der Waals surface area (Å²) in [5.74, 6) is 0.837. The summed E-state index contributed by atoms with van der Waals surface area (Å²) in [6, 6.07) is 7.25. The van der Waals surface area contributed by atoms with Crippen LogP contribution in [0.15, 0.2) is 24.3 Å². The molecule has 2 amide bonds. The third-order valence-electron chi connectivity index (χ3n) is 3.68. The summed E-state index contributed by atoms with van der Waals surface area (Å²) < 4.78 is 0. The van der Waals surface area contributed by atoms with Crippen LogP contribution in [0, 0.1) is 11.8 Å². The van der Waals surface area contributed by atoms with E-state index in [1.807, 2.05) is 38.1 Å². The maximum Gasteiger partial charge on any atom is 0.224 e. The van der Waals surface area contributed by atoms with E-state index in [1.54, 1.807) is 0 Å². The molecule has 0 aromatic heterocycles. The molecule has 22 heavy (non-hydrogen) atoms. The Morgan fingerprint density at radius 2 is 1.73 bits per heavy atom. The van der Waals surface area contributed by atoms with Crippen LogP contribution in [0.4, 0.5) is 11.4 Å². The van der Waals surface area contributed by atoms with Crippen LogP contribution in [0.3, 0.4) is 0 Å². The van der Waals surface area contributed by atoms with Crippen molar-refractivity contribution in [3.8, 4) is 0 Å². The van der Waals surface area contributed by atoms with Crippen molar-refractivity contribution in [1.29, 1.82) is 0 Å². The maximum atomic E-state index is 11.9. The van der Waals surface area contributed by atoms with E-state index >= 15 is 0 Å². The van der Waals surface area contributed by atoms with Crippen LogP contribution < -0.4 is 16.0 Å². The van der Waals surface area contributed by atoms with E-state index in [1.165, 1.54) is 0 Å². The smallest absolute Gasteiger partial charge is 0.224 e. The molecule has 1 aliphatic rings. The fourth-order valence-corrected chi connectivity index (χ4v) is 2.58. The minimum atomic E-state index is 0.0144. The molecular formula is C17H25N3O2. The second kappa shape index (κ2) is 7.94. The van der Waals surface area contributed by atoms with Crippen molar-refractivity contribution in [2.45, 2.75) is 33.1 Å². The number of anilines is 2. The zero-order valence-electron chi connectivity index (χ0n) is 13.3. The van der Waals surface area contributed by atoms with Crippen molar-refractivity contribution >= 4 is 23.2 Å². The Kier molecular flexibility index (Phi) is 5.95. The predicted octanol–water partition coefficient (Wildman–Crippen LogP) is 2.61. The summed E-state index contributed by atoms with van der Waals surface area (Å²) in [6.07, 6.45) is 2.13. The predicted molar refractivity (Wildman–Crippen MR) is 88.8 cm³/mol. The van der Waals surface area contributed by atoms with Gasteiger partial charge in [-0.1, -0.05) is 13.8 Å². The summed E-state index contributed by atoms with van der Waals surface area (Å²) in [6.45, 7) is 5.95. The molecule has 0 radical (unpaired) electrons. The average molecular weight is 303 g/mol. The van der Waals surface area contributed by atoms with E-state index in [4.69, 9.17) is 0 Å². The summed E-state index contributed by atoms with van der Waals surface area (Å²) in [5, 5.41) is 9.02. The number of carbonyl (C=O) groups excluding carboxylic acids is 2. The zero-order chi connectivity index (χ0) is 15.9. The van der Waals surface area contributed by atoms with Crippen LogP contribution in [0.1, 0.15) is 33.1 Å². The van der Waals surface area contributed by atoms with Gasteiger partial charge in [0.25, 0.3) is 0 Å². The Bertz CT molecular complexity index is 505. The molecule has 1 heterocycles. The molecule has 0 saturated carbocycles. The average Bonchev–Trinajstić information content (AvgIpc) is 2.92. The van der Waals surface area contributed by atoms with E-state index in [2.05, 4.69) is 16.0 Å². The number of hydrogen-bond donors (Lipinski definition) is 3. The van der Waals surface area contributed by atoms with Crippen molar-refractivity contribution in [2.75, 3.05) is 23.7 Å². The first-order valence-corrected chi connectivity index (χ1v) is 7.93. The fraction of sp³-hybridized carbons (Fsp3) is 0.529. The summed E-state index contributed by atoms with van der Waals surface area (Å²) in [4.78, 5) is 23.6. The van der Waals surface area contributed by atoms with Gasteiger partial charge in [0.15, 0.2) is 0 Å². The molecule has 3 N–H and O–H groups in total. The third kappa shape index (κ3) is 5.48. The van der Waals surface area contributed by atoms with Crippen molar-refractivity contribution in [3.63, 3.8) is 0 Å². The molecule has 1 aromatic carbocycles. The Morgan fingerprint density at radius 1 is 1.14 bits per heavy atom. The lowest BCUT2D eigenvalue weighted by Crippen LogP contribution is -2.18. The van der Waals surface area contributed by atoms with Gasteiger partial charge in [-0.05, 0) is 55.6 Å². The molecule has 0 spiro atoms. The van der Waals surface area contributed by atoms with Gasteiger partial charge in [0.1, 0.15) is 0 Å². The summed E-state index contributed by atoms with van der Waals surface area (Å²) in [5.41, 5.74) is 1.52. The number of benzene rings is 1. The molecule has 1 aliphatic heterocycles. The second-order valence-corrected chi connectivity index (χ2v) is 6.33. The Labute approximate surface area is 131 Å². The monoisotopic (exact) mass is 303 g/mol. The Balaban J connectivity index is 1.80. The third-order valence-corrected chi connectivity index (χ3v) is 3.68. The highest BCUT2D eigenvalue weighted by atomic mass is 16.2. The van der Waals surface area contributed by atoms with Gasteiger partial charge in [0.2, 0.25) is 11.8 Å². The van der Waals surface area contributed by atoms with Gasteiger partial charge in [-0.25, -0.2) is 0 Å². The Morgan fingerprint density at radius 3 is 2.23 bits per heavy atom. The first kappa shape index (κ1) is 16.5. The minimum Gasteiger partial charge on any atom is -0.326 e. The molecule has 2 rings (SSSR count). The molecular weight excluding hydrogens is 278 g/mol. The number of hydrogen-bond acceptors (Lipinski definition) is 3. The molecule has 5 nitrogen and oxygen atoms in total. The lowest BCUT2D eigenvalue weighted by molar-refractivity contribution is -0.117. The van der Waals surface area contributed by atoms with Crippen molar-refractivity contribution in [1.82, 2.24) is 5.32 Å². The largest absolute Gasteiger partial charge is 0.326 e. The van der Waals surface area contributed by atoms with Gasteiger partial charge in [0.05, 0.1) is 0 Å². The molecule has 1 saturated heterocycles. The fourth-order valence-electron chi connectivity index (χ4n) is 2.58. The van der Waals surface area contributed by atoms with Crippen LogP contribution in [0.2, 0.25) is 0 Å². The zero-order valence-corrected chi connectivity index (χ0v) is 13.3. The maximum absolute atomic E-state index is 11.9. The lowest BCUT2D eigenvalue weighted by atomic mass is 10.0. The van der Waals surface area contributed by atoms with Gasteiger partial charge in [-0.15, -0.1) is 0 Å². The summed E-state index contributed by atoms with van der Waals surface area (Å²) >= 11 is 0. The van der Waals surface area contributed by atoms with E-state index in [0.29, 0.717) is 24.7 Å². The first-order valence-electron chi connectivity index (χ1n) is 7.93. The quantitative estimate of drug-likeness (QED) is 0.756. The molecule has 1 atom stereocenters. The molecule has 1 unspecified atom stereocenters. The van der Waals surface area contributed by atoms with Crippen molar-refractivity contribution in [2.24, 2.45) is 11.8 Å². The van der Waals surface area contributed by atoms with Crippen molar-refractivity contribution in [3.05, 3.63) is 24.3 Å². The van der Waals surface area contributed by atoms with E-state index in [0.717, 1.165) is 30.9 Å². The minimum absolute atomic E-state index is 0.0144. The first-order chi connectivity index (χ1) is 10.5. The highest BCUT2D eigenvalue weighted by Gasteiger charge is 2.17. The normalized spacial score (nSPS) is 17.5. The number of amides is 2. The lowest BCUT2D eigenvalue weighted by Gasteiger charge is -2.10. The number of carbonyl (C=O) groups is 2. The number of rotatable bonds is 6. The van der Waals surface area contributed by atoms with E-state index in [-0.39, 0.29) is 11.8 Å². The van der Waals surface area contributed by atoms with Gasteiger partial charge >= 0.3 is 0 Å². The van der Waals surface area contributed by atoms with E-state index < -0.39 is 0 Å². The SMILES string of the molecule is CC(C)CC(=O)Nc1ccc(NC(=O)CC2CCNC2)cc1. The second-order valence-electron chi connectivity index (χ2n) is 6.33. The van der Waals surface area contributed by atoms with Gasteiger partial charge in [-0.2, -0.15) is 0 Å². The highest BCUT2D eigenvalue weighted by Crippen LogP contribution is 2.17. The van der Waals surface area contributed by atoms with Crippen LogP contribution in [-0.2, 0) is 9.59 Å². The molecule has 0 aliphatic carbocycles. The molecule has 0 bridgehead atoms. The molecule has 120 valence electrons. The van der Waals surface area contributed by atoms with Crippen LogP contribution in [0.25, 0.3) is 0 Å². The topological polar surface area (TPSA) is 70.2 Å². The molecule has 1 aromatic rings. The standard InChI is InChI=1S/C17H25N3O2/c1-12(2)9-16(21)19-14-3-5-15(6-4-14)20-17(22)10-13-7-8-18-11-13/h3-6,12-13,18H,7-11H2,1-2H3,(H,19,21)(H,20,22). The van der Waals surface area contributed by atoms with E-state index in [9.17, 15) is 9.59 Å². The molecule has 5 heteroatoms.